The molecule has 70 valence electrons. The molecule has 0 aromatic carbocycles. The zero-order chi connectivity index (χ0) is 7.71. The summed E-state index contributed by atoms with van der Waals surface area (Å²) >= 11 is 0. The molecule has 0 aliphatic carbocycles. The summed E-state index contributed by atoms with van der Waals surface area (Å²) in [6.45, 7) is 0. The number of rotatable bonds is 2. The molecule has 0 unspecified atom stereocenters. The average Bonchev–Trinajstić information content (AvgIpc) is 1.14. The van der Waals surface area contributed by atoms with Crippen LogP contribution in [0, 0.1) is 0 Å². The van der Waals surface area contributed by atoms with E-state index < -0.39 is 15.6 Å². The van der Waals surface area contributed by atoms with E-state index in [1.807, 2.05) is 0 Å². The van der Waals surface area contributed by atoms with Crippen LogP contribution in [0.1, 0.15) is 0 Å². The van der Waals surface area contributed by atoms with E-state index in [1.165, 1.54) is 0 Å². The fraction of sp³-hybridized carbons (Fsp3) is 0. The van der Waals surface area contributed by atoms with Crippen molar-refractivity contribution in [2.24, 2.45) is 0 Å². The maximum absolute atomic E-state index is 9.63. The van der Waals surface area contributed by atoms with E-state index in [0.29, 0.717) is 0 Å². The monoisotopic (exact) mass is 264 g/mol. The molecule has 12 heavy (non-hydrogen) atoms. The Bertz CT molecular complexity index is 162. The van der Waals surface area contributed by atoms with Crippen molar-refractivity contribution in [3.05, 3.63) is 0 Å². The number of hydrogen-bond donors (Lipinski definition) is 4. The maximum atomic E-state index is 9.63. The van der Waals surface area contributed by atoms with Crippen molar-refractivity contribution in [1.82, 2.24) is 0 Å². The Hall–Kier alpha value is 2.45. The summed E-state index contributed by atoms with van der Waals surface area (Å²) in [7, 11) is -10.1. The van der Waals surface area contributed by atoms with Gasteiger partial charge in [-0.15, -0.1) is 0 Å². The van der Waals surface area contributed by atoms with E-state index in [-0.39, 0.29) is 72.0 Å². The minimum absolute atomic E-state index is 0. The Labute approximate surface area is 119 Å². The van der Waals surface area contributed by atoms with Gasteiger partial charge >= 0.3 is 82.9 Å². The van der Waals surface area contributed by atoms with Gasteiger partial charge in [-0.2, -0.15) is 4.31 Å². The predicted molar refractivity (Wildman–Crippen MR) is 43.4 cm³/mol. The zero-order valence-corrected chi connectivity index (χ0v) is 6.11. The van der Waals surface area contributed by atoms with Crippen LogP contribution in [0.25, 0.3) is 0 Å². The molecule has 0 rings (SSSR count). The van der Waals surface area contributed by atoms with E-state index in [4.69, 9.17) is 19.6 Å². The SMILES string of the molecule is F.O=P(O)(O)OP(=O)(O)O.[CaH2].[NaH]. The van der Waals surface area contributed by atoms with E-state index >= 15 is 0 Å². The molecule has 0 atom stereocenters. The van der Waals surface area contributed by atoms with Gasteiger partial charge in [0.05, 0.1) is 0 Å². The number of hydrogen-bond acceptors (Lipinski definition) is 3. The first-order valence-electron chi connectivity index (χ1n) is 1.53. The van der Waals surface area contributed by atoms with Crippen LogP contribution in [0.3, 0.4) is 0 Å². The first-order chi connectivity index (χ1) is 3.71. The molecule has 0 aromatic heterocycles. The van der Waals surface area contributed by atoms with Crippen LogP contribution < -0.4 is 0 Å². The first kappa shape index (κ1) is 23.9. The molecular formula is H8CaFNaO7P2. The van der Waals surface area contributed by atoms with Crippen molar-refractivity contribution in [3.8, 4) is 0 Å². The van der Waals surface area contributed by atoms with Crippen LogP contribution in [0.2, 0.25) is 0 Å². The summed E-state index contributed by atoms with van der Waals surface area (Å²) < 4.78 is 22.2. The molecular weight excluding hydrogens is 256 g/mol. The Balaban J connectivity index is -0.000000107. The average molecular weight is 264 g/mol. The van der Waals surface area contributed by atoms with E-state index in [1.54, 1.807) is 0 Å². The fourth-order valence-corrected chi connectivity index (χ4v) is 1.25. The van der Waals surface area contributed by atoms with Crippen LogP contribution in [0.5, 0.6) is 0 Å². The van der Waals surface area contributed by atoms with E-state index in [2.05, 4.69) is 4.31 Å². The second kappa shape index (κ2) is 8.73. The number of halogens is 1. The Morgan fingerprint density at radius 3 is 1.08 bits per heavy atom. The molecule has 0 heterocycles. The van der Waals surface area contributed by atoms with Crippen LogP contribution >= 0.6 is 15.6 Å². The molecule has 4 N–H and O–H groups in total. The molecule has 0 spiro atoms. The summed E-state index contributed by atoms with van der Waals surface area (Å²) in [6, 6.07) is 0. The van der Waals surface area contributed by atoms with Gasteiger partial charge < -0.3 is 19.6 Å². The van der Waals surface area contributed by atoms with Gasteiger partial charge in [-0.3, -0.25) is 4.70 Å². The van der Waals surface area contributed by atoms with Gasteiger partial charge in [0, 0.05) is 0 Å². The van der Waals surface area contributed by atoms with Crippen LogP contribution in [-0.2, 0) is 13.4 Å². The first-order valence-corrected chi connectivity index (χ1v) is 4.59. The normalized spacial score (nSPS) is 10.3. The fourth-order valence-electron chi connectivity index (χ4n) is 0.139. The summed E-state index contributed by atoms with van der Waals surface area (Å²) in [4.78, 5) is 31.0. The third kappa shape index (κ3) is 22.9. The van der Waals surface area contributed by atoms with Crippen LogP contribution in [0.15, 0.2) is 0 Å². The molecule has 0 fully saturated rings. The predicted octanol–water partition coefficient (Wildman–Crippen LogP) is -2.22. The van der Waals surface area contributed by atoms with Gasteiger partial charge in [-0.05, 0) is 0 Å². The van der Waals surface area contributed by atoms with Crippen molar-refractivity contribution >= 4 is 82.9 Å². The second-order valence-electron chi connectivity index (χ2n) is 1.06. The Morgan fingerprint density at radius 2 is 1.08 bits per heavy atom. The standard InChI is InChI=1S/Ca.FH.Na.H4O7P2.3H/c;;;1-8(2,3)7-9(4,5)6;;;/h;1H;;(H2,1,2,3)(H2,4,5,6);;;. The summed E-state index contributed by atoms with van der Waals surface area (Å²) in [5, 5.41) is 0. The molecule has 0 saturated carbocycles. The second-order valence-corrected chi connectivity index (χ2v) is 3.68. The summed E-state index contributed by atoms with van der Waals surface area (Å²) in [5.74, 6) is 0. The molecule has 0 amide bonds. The summed E-state index contributed by atoms with van der Waals surface area (Å²) in [5.41, 5.74) is 0. The van der Waals surface area contributed by atoms with Crippen molar-refractivity contribution < 1.29 is 37.7 Å². The van der Waals surface area contributed by atoms with Crippen molar-refractivity contribution in [3.63, 3.8) is 0 Å². The van der Waals surface area contributed by atoms with Gasteiger partial charge in [-0.25, -0.2) is 9.13 Å². The molecule has 0 bridgehead atoms. The van der Waals surface area contributed by atoms with Gasteiger partial charge in [-0.1, -0.05) is 0 Å². The molecule has 0 aliphatic heterocycles. The topological polar surface area (TPSA) is 124 Å². The molecule has 12 heteroatoms. The van der Waals surface area contributed by atoms with Gasteiger partial charge in [0.1, 0.15) is 0 Å². The Morgan fingerprint density at radius 1 is 0.917 bits per heavy atom. The van der Waals surface area contributed by atoms with E-state index in [0.717, 1.165) is 0 Å². The third-order valence-electron chi connectivity index (χ3n) is 0.213. The van der Waals surface area contributed by atoms with E-state index in [9.17, 15) is 9.13 Å². The van der Waals surface area contributed by atoms with Crippen molar-refractivity contribution in [1.29, 1.82) is 0 Å². The summed E-state index contributed by atoms with van der Waals surface area (Å²) in [6.07, 6.45) is 0. The quantitative estimate of drug-likeness (QED) is 0.329. The minimum atomic E-state index is -5.05. The van der Waals surface area contributed by atoms with Crippen molar-refractivity contribution in [2.75, 3.05) is 0 Å². The third-order valence-corrected chi connectivity index (χ3v) is 1.91. The van der Waals surface area contributed by atoms with Gasteiger partial charge in [0.15, 0.2) is 0 Å². The molecule has 0 aromatic rings. The molecule has 0 radical (unpaired) electrons. The van der Waals surface area contributed by atoms with Crippen molar-refractivity contribution in [2.45, 2.75) is 0 Å². The van der Waals surface area contributed by atoms with Crippen LogP contribution in [0.4, 0.5) is 4.70 Å². The van der Waals surface area contributed by atoms with Gasteiger partial charge in [0.2, 0.25) is 0 Å². The molecule has 0 saturated heterocycles. The zero-order valence-electron chi connectivity index (χ0n) is 4.32. The van der Waals surface area contributed by atoms with Gasteiger partial charge in [0.25, 0.3) is 0 Å². The number of phosphoric acid groups is 2. The van der Waals surface area contributed by atoms with Crippen LogP contribution in [-0.4, -0.2) is 86.9 Å². The Kier molecular flexibility index (Phi) is 17.4. The molecule has 7 nitrogen and oxygen atoms in total. The molecule has 0 aliphatic rings.